The van der Waals surface area contributed by atoms with E-state index in [-0.39, 0.29) is 10.1 Å². The van der Waals surface area contributed by atoms with Gasteiger partial charge in [0.2, 0.25) is 0 Å². The van der Waals surface area contributed by atoms with Crippen LogP contribution < -0.4 is 0 Å². The lowest BCUT2D eigenvalue weighted by atomic mass is 9.76. The summed E-state index contributed by atoms with van der Waals surface area (Å²) < 4.78 is 0. The second kappa shape index (κ2) is 5.48. The fourth-order valence-corrected chi connectivity index (χ4v) is 3.49. The minimum atomic E-state index is -0.653. The number of nitriles is 2. The first kappa shape index (κ1) is 14.3. The lowest BCUT2D eigenvalue weighted by Crippen LogP contribution is -2.34. The van der Waals surface area contributed by atoms with E-state index in [0.29, 0.717) is 0 Å². The lowest BCUT2D eigenvalue weighted by molar-refractivity contribution is 0.573. The van der Waals surface area contributed by atoms with Crippen LogP contribution in [0.1, 0.15) is 22.6 Å². The van der Waals surface area contributed by atoms with Gasteiger partial charge in [0.25, 0.3) is 0 Å². The number of benzene rings is 1. The molecule has 1 aliphatic rings. The molecule has 1 fully saturated rings. The van der Waals surface area contributed by atoms with E-state index < -0.39 is 17.8 Å². The molecule has 0 saturated carbocycles. The number of nitrogens with zero attached hydrogens (tertiary/aromatic N) is 2. The molecular formula is C15H14N4S. The van der Waals surface area contributed by atoms with Crippen molar-refractivity contribution in [3.63, 3.8) is 0 Å². The molecule has 20 heavy (non-hydrogen) atoms. The Morgan fingerprint density at radius 3 is 2.05 bits per heavy atom. The van der Waals surface area contributed by atoms with Crippen LogP contribution in [0, 0.1) is 59.2 Å². The highest BCUT2D eigenvalue weighted by molar-refractivity contribution is 8.26. The zero-order valence-corrected chi connectivity index (χ0v) is 12.1. The second-order valence-electron chi connectivity index (χ2n) is 4.93. The van der Waals surface area contributed by atoms with Crippen LogP contribution in [0.15, 0.2) is 18.2 Å². The van der Waals surface area contributed by atoms with Crippen molar-refractivity contribution in [1.29, 1.82) is 21.3 Å². The van der Waals surface area contributed by atoms with Crippen molar-refractivity contribution < 1.29 is 0 Å². The fourth-order valence-electron chi connectivity index (χ4n) is 2.60. The first-order chi connectivity index (χ1) is 9.49. The van der Waals surface area contributed by atoms with E-state index in [1.807, 2.05) is 32.0 Å². The SMILES string of the molecule is Cc1ccc(C2C(C#N)C(=N)SC(=N)C2C#N)c(C)c1. The van der Waals surface area contributed by atoms with Gasteiger partial charge in [-0.25, -0.2) is 0 Å². The highest BCUT2D eigenvalue weighted by Gasteiger charge is 2.42. The van der Waals surface area contributed by atoms with E-state index in [9.17, 15) is 10.5 Å². The highest BCUT2D eigenvalue weighted by Crippen LogP contribution is 2.43. The molecule has 1 aliphatic heterocycles. The van der Waals surface area contributed by atoms with Crippen LogP contribution in [0.4, 0.5) is 0 Å². The average molecular weight is 282 g/mol. The Hall–Kier alpha value is -2.11. The fraction of sp³-hybridized carbons (Fsp3) is 0.333. The molecule has 1 aromatic rings. The smallest absolute Gasteiger partial charge is 0.103 e. The summed E-state index contributed by atoms with van der Waals surface area (Å²) in [4.78, 5) is 0. The number of thioether (sulfide) groups is 1. The van der Waals surface area contributed by atoms with Gasteiger partial charge in [-0.05, 0) is 25.0 Å². The van der Waals surface area contributed by atoms with E-state index >= 15 is 0 Å². The summed E-state index contributed by atoms with van der Waals surface area (Å²) in [5.74, 6) is -1.73. The Bertz CT molecular complexity index is 633. The molecule has 0 bridgehead atoms. The van der Waals surface area contributed by atoms with Crippen LogP contribution in [0.3, 0.4) is 0 Å². The normalized spacial score (nSPS) is 25.9. The van der Waals surface area contributed by atoms with E-state index in [0.717, 1.165) is 28.5 Å². The maximum atomic E-state index is 9.35. The zero-order chi connectivity index (χ0) is 14.9. The maximum Gasteiger partial charge on any atom is 0.103 e. The van der Waals surface area contributed by atoms with Gasteiger partial charge in [0.05, 0.1) is 22.2 Å². The van der Waals surface area contributed by atoms with Gasteiger partial charge in [0, 0.05) is 5.92 Å². The van der Waals surface area contributed by atoms with E-state index in [1.54, 1.807) is 0 Å². The number of rotatable bonds is 1. The highest BCUT2D eigenvalue weighted by atomic mass is 32.2. The molecule has 4 nitrogen and oxygen atoms in total. The number of hydrogen-bond acceptors (Lipinski definition) is 5. The minimum absolute atomic E-state index is 0.161. The molecule has 0 aliphatic carbocycles. The Labute approximate surface area is 122 Å². The monoisotopic (exact) mass is 282 g/mol. The molecule has 100 valence electrons. The van der Waals surface area contributed by atoms with E-state index in [4.69, 9.17) is 10.8 Å². The summed E-state index contributed by atoms with van der Waals surface area (Å²) in [7, 11) is 0. The maximum absolute atomic E-state index is 9.35. The number of nitrogens with one attached hydrogen (secondary N) is 2. The summed E-state index contributed by atoms with van der Waals surface area (Å²) in [6.45, 7) is 3.93. The Balaban J connectivity index is 2.58. The van der Waals surface area contributed by atoms with Gasteiger partial charge in [-0.15, -0.1) is 0 Å². The largest absolute Gasteiger partial charge is 0.297 e. The molecule has 0 radical (unpaired) electrons. The van der Waals surface area contributed by atoms with Crippen LogP contribution >= 0.6 is 11.8 Å². The Morgan fingerprint density at radius 2 is 1.60 bits per heavy atom. The molecule has 2 rings (SSSR count). The van der Waals surface area contributed by atoms with Crippen LogP contribution in [-0.4, -0.2) is 10.1 Å². The molecule has 0 aromatic heterocycles. The standard InChI is InChI=1S/C15H14N4S/c1-8-3-4-10(9(2)5-8)13-11(6-16)14(18)20-15(19)12(13)7-17/h3-5,11-13,18-19H,1-2H3. The third-order valence-corrected chi connectivity index (χ3v) is 4.51. The summed E-state index contributed by atoms with van der Waals surface area (Å²) in [6, 6.07) is 10.1. The Morgan fingerprint density at radius 1 is 1.05 bits per heavy atom. The van der Waals surface area contributed by atoms with Gasteiger partial charge in [-0.2, -0.15) is 10.5 Å². The summed E-state index contributed by atoms with van der Waals surface area (Å²) in [6.07, 6.45) is 0. The first-order valence-corrected chi connectivity index (χ1v) is 7.02. The molecule has 0 amide bonds. The molecule has 2 atom stereocenters. The summed E-state index contributed by atoms with van der Waals surface area (Å²) in [5.41, 5.74) is 3.01. The van der Waals surface area contributed by atoms with Crippen LogP contribution in [-0.2, 0) is 0 Å². The first-order valence-electron chi connectivity index (χ1n) is 6.20. The molecule has 2 N–H and O–H groups in total. The van der Waals surface area contributed by atoms with Crippen molar-refractivity contribution in [2.45, 2.75) is 19.8 Å². The average Bonchev–Trinajstić information content (AvgIpc) is 2.38. The summed E-state index contributed by atoms with van der Waals surface area (Å²) >= 11 is 0.936. The van der Waals surface area contributed by atoms with Crippen molar-refractivity contribution in [2.75, 3.05) is 0 Å². The molecule has 1 heterocycles. The molecule has 0 spiro atoms. The molecular weight excluding hydrogens is 268 g/mol. The zero-order valence-electron chi connectivity index (χ0n) is 11.3. The van der Waals surface area contributed by atoms with Gasteiger partial charge < -0.3 is 0 Å². The van der Waals surface area contributed by atoms with Crippen molar-refractivity contribution in [3.8, 4) is 12.1 Å². The molecule has 1 aromatic carbocycles. The number of aryl methyl sites for hydroxylation is 2. The summed E-state index contributed by atoms with van der Waals surface area (Å²) in [5, 5.41) is 34.9. The van der Waals surface area contributed by atoms with E-state index in [2.05, 4.69) is 12.1 Å². The van der Waals surface area contributed by atoms with Crippen LogP contribution in [0.25, 0.3) is 0 Å². The quantitative estimate of drug-likeness (QED) is 0.826. The molecule has 1 saturated heterocycles. The van der Waals surface area contributed by atoms with Crippen molar-refractivity contribution in [3.05, 3.63) is 34.9 Å². The number of hydrogen-bond donors (Lipinski definition) is 2. The molecule has 5 heteroatoms. The topological polar surface area (TPSA) is 95.3 Å². The van der Waals surface area contributed by atoms with Gasteiger partial charge >= 0.3 is 0 Å². The lowest BCUT2D eigenvalue weighted by Gasteiger charge is -2.32. The van der Waals surface area contributed by atoms with Gasteiger partial charge in [0.1, 0.15) is 11.8 Å². The van der Waals surface area contributed by atoms with Crippen LogP contribution in [0.2, 0.25) is 0 Å². The Kier molecular flexibility index (Phi) is 3.92. The van der Waals surface area contributed by atoms with E-state index in [1.165, 1.54) is 0 Å². The predicted octanol–water partition coefficient (Wildman–Crippen LogP) is 3.37. The van der Waals surface area contributed by atoms with Gasteiger partial charge in [-0.3, -0.25) is 10.8 Å². The van der Waals surface area contributed by atoms with Crippen molar-refractivity contribution in [1.82, 2.24) is 0 Å². The van der Waals surface area contributed by atoms with Gasteiger partial charge in [-0.1, -0.05) is 35.5 Å². The van der Waals surface area contributed by atoms with Gasteiger partial charge in [0.15, 0.2) is 0 Å². The minimum Gasteiger partial charge on any atom is -0.297 e. The third kappa shape index (κ3) is 2.33. The van der Waals surface area contributed by atoms with Crippen LogP contribution in [0.5, 0.6) is 0 Å². The predicted molar refractivity (Wildman–Crippen MR) is 79.9 cm³/mol. The molecule has 2 unspecified atom stereocenters. The van der Waals surface area contributed by atoms with Crippen molar-refractivity contribution in [2.24, 2.45) is 11.8 Å². The second-order valence-corrected chi connectivity index (χ2v) is 6.01. The third-order valence-electron chi connectivity index (χ3n) is 3.57. The van der Waals surface area contributed by atoms with Crippen molar-refractivity contribution >= 4 is 21.8 Å².